The lowest BCUT2D eigenvalue weighted by Gasteiger charge is -2.38. The highest BCUT2D eigenvalue weighted by Crippen LogP contribution is 2.29. The smallest absolute Gasteiger partial charge is 0.244 e. The van der Waals surface area contributed by atoms with Crippen LogP contribution in [0.2, 0.25) is 0 Å². The zero-order valence-corrected chi connectivity index (χ0v) is 18.1. The Morgan fingerprint density at radius 1 is 0.967 bits per heavy atom. The van der Waals surface area contributed by atoms with Gasteiger partial charge in [0, 0.05) is 45.0 Å². The van der Waals surface area contributed by atoms with E-state index in [1.807, 2.05) is 36.1 Å². The van der Waals surface area contributed by atoms with Crippen LogP contribution in [0.4, 0.5) is 5.69 Å². The van der Waals surface area contributed by atoms with Crippen molar-refractivity contribution in [1.82, 2.24) is 9.80 Å². The Labute approximate surface area is 179 Å². The van der Waals surface area contributed by atoms with E-state index in [1.165, 1.54) is 11.1 Å². The largest absolute Gasteiger partial charge is 0.493 e. The summed E-state index contributed by atoms with van der Waals surface area (Å²) in [5.41, 5.74) is 3.57. The van der Waals surface area contributed by atoms with Crippen molar-refractivity contribution in [3.05, 3.63) is 53.6 Å². The zero-order valence-electron chi connectivity index (χ0n) is 18.1. The van der Waals surface area contributed by atoms with Crippen LogP contribution in [0.3, 0.4) is 0 Å². The Morgan fingerprint density at radius 3 is 2.43 bits per heavy atom. The molecule has 2 aliphatic heterocycles. The van der Waals surface area contributed by atoms with Gasteiger partial charge >= 0.3 is 0 Å². The minimum atomic E-state index is -0.0978. The molecular weight excluding hydrogens is 378 g/mol. The summed E-state index contributed by atoms with van der Waals surface area (Å²) < 4.78 is 10.7. The van der Waals surface area contributed by atoms with E-state index in [4.69, 9.17) is 9.47 Å². The Bertz CT molecular complexity index is 893. The minimum Gasteiger partial charge on any atom is -0.493 e. The van der Waals surface area contributed by atoms with Gasteiger partial charge in [0.15, 0.2) is 11.5 Å². The molecule has 6 nitrogen and oxygen atoms in total. The summed E-state index contributed by atoms with van der Waals surface area (Å²) in [7, 11) is 3.32. The molecule has 0 spiro atoms. The molecule has 30 heavy (non-hydrogen) atoms. The van der Waals surface area contributed by atoms with Gasteiger partial charge < -0.3 is 14.4 Å². The lowest BCUT2D eigenvalue weighted by molar-refractivity contribution is -0.123. The predicted octanol–water partition coefficient (Wildman–Crippen LogP) is 2.80. The van der Waals surface area contributed by atoms with E-state index in [0.717, 1.165) is 62.9 Å². The van der Waals surface area contributed by atoms with Gasteiger partial charge in [-0.1, -0.05) is 24.3 Å². The summed E-state index contributed by atoms with van der Waals surface area (Å²) >= 11 is 0. The quantitative estimate of drug-likeness (QED) is 0.734. The molecule has 1 saturated heterocycles. The molecule has 1 atom stereocenters. The third kappa shape index (κ3) is 4.16. The Balaban J connectivity index is 1.33. The maximum atomic E-state index is 13.2. The van der Waals surface area contributed by atoms with Crippen LogP contribution >= 0.6 is 0 Å². The second kappa shape index (κ2) is 9.06. The Hall–Kier alpha value is -2.57. The van der Waals surface area contributed by atoms with Crippen LogP contribution in [0.25, 0.3) is 0 Å². The number of benzene rings is 2. The summed E-state index contributed by atoms with van der Waals surface area (Å²) in [6.45, 7) is 7.40. The summed E-state index contributed by atoms with van der Waals surface area (Å²) in [4.78, 5) is 19.9. The van der Waals surface area contributed by atoms with Crippen molar-refractivity contribution < 1.29 is 14.3 Å². The Morgan fingerprint density at radius 2 is 1.70 bits per heavy atom. The summed E-state index contributed by atoms with van der Waals surface area (Å²) in [5.74, 6) is 1.73. The molecule has 0 unspecified atom stereocenters. The van der Waals surface area contributed by atoms with Gasteiger partial charge in [0.1, 0.15) is 0 Å². The van der Waals surface area contributed by atoms with Crippen LogP contribution in [0.15, 0.2) is 42.5 Å². The van der Waals surface area contributed by atoms with Crippen LogP contribution in [0, 0.1) is 0 Å². The molecule has 2 heterocycles. The molecule has 2 aliphatic rings. The number of amides is 1. The maximum absolute atomic E-state index is 13.2. The normalized spacial score (nSPS) is 18.2. The first kappa shape index (κ1) is 20.7. The van der Waals surface area contributed by atoms with Crippen LogP contribution in [0.5, 0.6) is 11.5 Å². The number of anilines is 1. The van der Waals surface area contributed by atoms with Crippen molar-refractivity contribution >= 4 is 11.6 Å². The van der Waals surface area contributed by atoms with Crippen molar-refractivity contribution in [2.45, 2.75) is 25.9 Å². The topological polar surface area (TPSA) is 45.2 Å². The molecular formula is C24H31N3O3. The molecule has 0 bridgehead atoms. The van der Waals surface area contributed by atoms with E-state index in [2.05, 4.69) is 28.0 Å². The third-order valence-corrected chi connectivity index (χ3v) is 6.32. The fourth-order valence-electron chi connectivity index (χ4n) is 4.49. The van der Waals surface area contributed by atoms with Crippen molar-refractivity contribution in [1.29, 1.82) is 0 Å². The van der Waals surface area contributed by atoms with Crippen molar-refractivity contribution in [2.24, 2.45) is 0 Å². The number of methoxy groups -OCH3 is 2. The van der Waals surface area contributed by atoms with Crippen LogP contribution in [0.1, 0.15) is 18.1 Å². The number of rotatable bonds is 6. The third-order valence-electron chi connectivity index (χ3n) is 6.32. The van der Waals surface area contributed by atoms with Crippen LogP contribution < -0.4 is 14.4 Å². The molecule has 0 radical (unpaired) electrons. The predicted molar refractivity (Wildman–Crippen MR) is 118 cm³/mol. The monoisotopic (exact) mass is 409 g/mol. The van der Waals surface area contributed by atoms with Gasteiger partial charge in [0.05, 0.1) is 20.3 Å². The van der Waals surface area contributed by atoms with E-state index in [1.54, 1.807) is 14.2 Å². The van der Waals surface area contributed by atoms with Gasteiger partial charge in [-0.05, 0) is 42.7 Å². The second-order valence-electron chi connectivity index (χ2n) is 8.05. The highest BCUT2D eigenvalue weighted by Gasteiger charge is 2.32. The molecule has 1 amide bonds. The lowest BCUT2D eigenvalue weighted by atomic mass is 10.1. The summed E-state index contributed by atoms with van der Waals surface area (Å²) in [6.07, 6.45) is 0.952. The lowest BCUT2D eigenvalue weighted by Crippen LogP contribution is -2.54. The molecule has 6 heteroatoms. The van der Waals surface area contributed by atoms with Gasteiger partial charge in [-0.25, -0.2) is 0 Å². The number of para-hydroxylation sites is 1. The highest BCUT2D eigenvalue weighted by atomic mass is 16.5. The van der Waals surface area contributed by atoms with E-state index in [9.17, 15) is 4.79 Å². The molecule has 2 aromatic rings. The number of ether oxygens (including phenoxy) is 2. The molecule has 1 fully saturated rings. The van der Waals surface area contributed by atoms with E-state index < -0.39 is 0 Å². The highest BCUT2D eigenvalue weighted by molar-refractivity contribution is 5.98. The summed E-state index contributed by atoms with van der Waals surface area (Å²) in [5, 5.41) is 0. The van der Waals surface area contributed by atoms with Crippen LogP contribution in [-0.2, 0) is 17.8 Å². The fourth-order valence-corrected chi connectivity index (χ4v) is 4.49. The SMILES string of the molecule is COc1ccc(CN2CCN([C@@H](C)C(=O)N3CCc4ccccc43)CC2)cc1OC. The van der Waals surface area contributed by atoms with Gasteiger partial charge in [-0.3, -0.25) is 14.6 Å². The van der Waals surface area contributed by atoms with Crippen molar-refractivity contribution in [3.63, 3.8) is 0 Å². The number of carbonyl (C=O) groups is 1. The molecule has 0 aliphatic carbocycles. The van der Waals surface area contributed by atoms with E-state index in [-0.39, 0.29) is 11.9 Å². The van der Waals surface area contributed by atoms with Crippen LogP contribution in [-0.4, -0.2) is 68.7 Å². The van der Waals surface area contributed by atoms with E-state index in [0.29, 0.717) is 0 Å². The molecule has 2 aromatic carbocycles. The molecule has 4 rings (SSSR count). The van der Waals surface area contributed by atoms with Gasteiger partial charge in [-0.15, -0.1) is 0 Å². The minimum absolute atomic E-state index is 0.0978. The second-order valence-corrected chi connectivity index (χ2v) is 8.05. The van der Waals surface area contributed by atoms with Crippen molar-refractivity contribution in [3.8, 4) is 11.5 Å². The van der Waals surface area contributed by atoms with Gasteiger partial charge in [-0.2, -0.15) is 0 Å². The summed E-state index contributed by atoms with van der Waals surface area (Å²) in [6, 6.07) is 14.2. The average Bonchev–Trinajstić information content (AvgIpc) is 3.22. The number of carbonyl (C=O) groups excluding carboxylic acids is 1. The first-order valence-electron chi connectivity index (χ1n) is 10.7. The molecule has 0 saturated carbocycles. The van der Waals surface area contributed by atoms with Crippen molar-refractivity contribution in [2.75, 3.05) is 51.8 Å². The zero-order chi connectivity index (χ0) is 21.1. The number of hydrogen-bond acceptors (Lipinski definition) is 5. The first-order chi connectivity index (χ1) is 14.6. The number of fused-ring (bicyclic) bond motifs is 1. The average molecular weight is 410 g/mol. The van der Waals surface area contributed by atoms with Gasteiger partial charge in [0.2, 0.25) is 5.91 Å². The first-order valence-corrected chi connectivity index (χ1v) is 10.7. The number of nitrogens with zero attached hydrogens (tertiary/aromatic N) is 3. The number of hydrogen-bond donors (Lipinski definition) is 0. The Kier molecular flexibility index (Phi) is 6.25. The number of piperazine rings is 1. The van der Waals surface area contributed by atoms with Gasteiger partial charge in [0.25, 0.3) is 0 Å². The maximum Gasteiger partial charge on any atom is 0.244 e. The molecule has 160 valence electrons. The fraction of sp³-hybridized carbons (Fsp3) is 0.458. The molecule has 0 N–H and O–H groups in total. The molecule has 0 aromatic heterocycles. The standard InChI is InChI=1S/C24H31N3O3/c1-18(24(28)27-11-10-20-6-4-5-7-21(20)27)26-14-12-25(13-15-26)17-19-8-9-22(29-2)23(16-19)30-3/h4-9,16,18H,10-15,17H2,1-3H3/t18-/m0/s1. The van der Waals surface area contributed by atoms with E-state index >= 15 is 0 Å².